The van der Waals surface area contributed by atoms with Gasteiger partial charge in [-0.2, -0.15) is 13.2 Å². The van der Waals surface area contributed by atoms with Gasteiger partial charge in [0.15, 0.2) is 4.34 Å². The zero-order valence-electron chi connectivity index (χ0n) is 14.3. The van der Waals surface area contributed by atoms with Crippen molar-refractivity contribution in [2.45, 2.75) is 23.2 Å². The molecule has 3 rings (SSSR count). The normalized spacial score (nSPS) is 11.4. The highest BCUT2D eigenvalue weighted by Crippen LogP contribution is 2.30. The van der Waals surface area contributed by atoms with Gasteiger partial charge in [-0.25, -0.2) is 9.78 Å². The second-order valence-corrected chi connectivity index (χ2v) is 7.67. The number of rotatable bonds is 5. The van der Waals surface area contributed by atoms with Crippen molar-refractivity contribution < 1.29 is 27.1 Å². The fourth-order valence-corrected chi connectivity index (χ4v) is 3.84. The van der Waals surface area contributed by atoms with E-state index in [1.54, 1.807) is 0 Å². The summed E-state index contributed by atoms with van der Waals surface area (Å²) in [5, 5.41) is 1.90. The summed E-state index contributed by atoms with van der Waals surface area (Å²) in [5.41, 5.74) is -1.03. The second-order valence-electron chi connectivity index (χ2n) is 5.59. The summed E-state index contributed by atoms with van der Waals surface area (Å²) in [4.78, 5) is 28.4. The van der Waals surface area contributed by atoms with Crippen LogP contribution in [-0.2, 0) is 11.9 Å². The van der Waals surface area contributed by atoms with Crippen LogP contribution in [0, 0.1) is 6.92 Å². The molecule has 0 aliphatic carbocycles. The van der Waals surface area contributed by atoms with Gasteiger partial charge in [-0.1, -0.05) is 17.8 Å². The van der Waals surface area contributed by atoms with Crippen molar-refractivity contribution in [2.24, 2.45) is 0 Å². The Labute approximate surface area is 165 Å². The van der Waals surface area contributed by atoms with Crippen LogP contribution >= 0.6 is 23.1 Å². The van der Waals surface area contributed by atoms with E-state index in [0.29, 0.717) is 17.6 Å². The number of carbonyl (C=O) groups excluding carboxylic acids is 1. The summed E-state index contributed by atoms with van der Waals surface area (Å²) in [7, 11) is 0. The molecular formula is C18H12F3NO4S2. The number of alkyl halides is 3. The maximum absolute atomic E-state index is 12.7. The molecule has 2 heterocycles. The molecule has 0 fully saturated rings. The molecule has 3 aromatic rings. The SMILES string of the molecule is Cc1csc(SCc2cc(=O)c(OC(=O)c3cccc(C(F)(F)F)c3)co2)n1. The maximum atomic E-state index is 12.7. The Morgan fingerprint density at radius 1 is 1.32 bits per heavy atom. The molecule has 0 amide bonds. The van der Waals surface area contributed by atoms with Crippen molar-refractivity contribution in [1.82, 2.24) is 4.98 Å². The minimum atomic E-state index is -4.59. The molecule has 0 radical (unpaired) electrons. The minimum absolute atomic E-state index is 0.326. The fraction of sp³-hybridized carbons (Fsp3) is 0.167. The highest BCUT2D eigenvalue weighted by molar-refractivity contribution is 8.00. The van der Waals surface area contributed by atoms with Crippen LogP contribution in [0.25, 0.3) is 0 Å². The number of aromatic nitrogens is 1. The fourth-order valence-electron chi connectivity index (χ4n) is 2.10. The Kier molecular flexibility index (Phi) is 5.90. The first kappa shape index (κ1) is 20.2. The van der Waals surface area contributed by atoms with Crippen molar-refractivity contribution in [3.63, 3.8) is 0 Å². The van der Waals surface area contributed by atoms with Gasteiger partial charge in [0.25, 0.3) is 0 Å². The van der Waals surface area contributed by atoms with Crippen molar-refractivity contribution in [1.29, 1.82) is 0 Å². The predicted molar refractivity (Wildman–Crippen MR) is 97.8 cm³/mol. The van der Waals surface area contributed by atoms with E-state index in [1.807, 2.05) is 12.3 Å². The van der Waals surface area contributed by atoms with Gasteiger partial charge < -0.3 is 9.15 Å². The Morgan fingerprint density at radius 2 is 2.11 bits per heavy atom. The number of ether oxygens (including phenoxy) is 1. The molecule has 0 bridgehead atoms. The number of thioether (sulfide) groups is 1. The van der Waals surface area contributed by atoms with Crippen molar-refractivity contribution >= 4 is 29.1 Å². The number of thiazole rings is 1. The number of esters is 1. The Morgan fingerprint density at radius 3 is 2.75 bits per heavy atom. The number of carbonyl (C=O) groups is 1. The highest BCUT2D eigenvalue weighted by atomic mass is 32.2. The van der Waals surface area contributed by atoms with Crippen molar-refractivity contribution in [3.8, 4) is 5.75 Å². The predicted octanol–water partition coefficient (Wildman–Crippen LogP) is 4.94. The van der Waals surface area contributed by atoms with Crippen LogP contribution in [0.15, 0.2) is 55.5 Å². The standard InChI is InChI=1S/C18H12F3NO4S2/c1-10-8-27-17(22-10)28-9-13-6-14(23)15(7-25-13)26-16(24)11-3-2-4-12(5-11)18(19,20)21/h2-8H,9H2,1H3. The third-order valence-electron chi connectivity index (χ3n) is 3.42. The average Bonchev–Trinajstić information content (AvgIpc) is 3.06. The largest absolute Gasteiger partial charge is 0.464 e. The third kappa shape index (κ3) is 5.02. The van der Waals surface area contributed by atoms with Gasteiger partial charge >= 0.3 is 12.1 Å². The molecule has 0 aliphatic rings. The topological polar surface area (TPSA) is 69.4 Å². The van der Waals surface area contributed by atoms with Gasteiger partial charge in [-0.05, 0) is 25.1 Å². The van der Waals surface area contributed by atoms with E-state index in [9.17, 15) is 22.8 Å². The van der Waals surface area contributed by atoms with Crippen LogP contribution in [0.5, 0.6) is 5.75 Å². The summed E-state index contributed by atoms with van der Waals surface area (Å²) in [5.74, 6) is -0.786. The summed E-state index contributed by atoms with van der Waals surface area (Å²) in [6.07, 6.45) is -3.62. The molecule has 1 aromatic carbocycles. The van der Waals surface area contributed by atoms with E-state index < -0.39 is 28.9 Å². The zero-order valence-corrected chi connectivity index (χ0v) is 15.9. The number of nitrogens with zero attached hydrogens (tertiary/aromatic N) is 1. The smallest absolute Gasteiger partial charge is 0.416 e. The van der Waals surface area contributed by atoms with E-state index in [4.69, 9.17) is 9.15 Å². The van der Waals surface area contributed by atoms with Gasteiger partial charge in [0, 0.05) is 17.1 Å². The average molecular weight is 427 g/mol. The van der Waals surface area contributed by atoms with Crippen LogP contribution in [0.2, 0.25) is 0 Å². The second kappa shape index (κ2) is 8.19. The lowest BCUT2D eigenvalue weighted by molar-refractivity contribution is -0.137. The molecule has 146 valence electrons. The molecule has 0 atom stereocenters. The van der Waals surface area contributed by atoms with E-state index in [2.05, 4.69) is 4.98 Å². The van der Waals surface area contributed by atoms with Crippen LogP contribution in [0.4, 0.5) is 13.2 Å². The molecule has 10 heteroatoms. The lowest BCUT2D eigenvalue weighted by atomic mass is 10.1. The summed E-state index contributed by atoms with van der Waals surface area (Å²) in [6, 6.07) is 4.91. The van der Waals surface area contributed by atoms with E-state index in [1.165, 1.54) is 35.2 Å². The van der Waals surface area contributed by atoms with E-state index in [0.717, 1.165) is 28.4 Å². The van der Waals surface area contributed by atoms with Gasteiger partial charge in [-0.15, -0.1) is 11.3 Å². The molecule has 0 spiro atoms. The first-order chi connectivity index (χ1) is 13.2. The lowest BCUT2D eigenvalue weighted by Crippen LogP contribution is -2.15. The minimum Gasteiger partial charge on any atom is -0.464 e. The molecule has 0 aliphatic heterocycles. The van der Waals surface area contributed by atoms with Crippen molar-refractivity contribution in [2.75, 3.05) is 0 Å². The van der Waals surface area contributed by atoms with Gasteiger partial charge in [0.2, 0.25) is 11.2 Å². The number of hydrogen-bond donors (Lipinski definition) is 0. The Hall–Kier alpha value is -2.59. The molecule has 0 saturated heterocycles. The summed E-state index contributed by atoms with van der Waals surface area (Å²) < 4.78 is 49.2. The zero-order chi connectivity index (χ0) is 20.3. The molecule has 0 saturated carbocycles. The number of halogens is 3. The maximum Gasteiger partial charge on any atom is 0.416 e. The van der Waals surface area contributed by atoms with Crippen LogP contribution in [0.3, 0.4) is 0 Å². The van der Waals surface area contributed by atoms with Crippen molar-refractivity contribution in [3.05, 3.63) is 74.8 Å². The highest BCUT2D eigenvalue weighted by Gasteiger charge is 2.31. The molecule has 28 heavy (non-hydrogen) atoms. The van der Waals surface area contributed by atoms with Gasteiger partial charge in [0.1, 0.15) is 12.0 Å². The molecule has 0 N–H and O–H groups in total. The van der Waals surface area contributed by atoms with Gasteiger partial charge in [0.05, 0.1) is 16.9 Å². The first-order valence-electron chi connectivity index (χ1n) is 7.78. The quantitative estimate of drug-likeness (QED) is 0.425. The Bertz CT molecular complexity index is 1060. The molecular weight excluding hydrogens is 415 g/mol. The number of aryl methyl sites for hydroxylation is 1. The van der Waals surface area contributed by atoms with Crippen LogP contribution in [-0.4, -0.2) is 11.0 Å². The van der Waals surface area contributed by atoms with Crippen LogP contribution in [0.1, 0.15) is 27.4 Å². The lowest BCUT2D eigenvalue weighted by Gasteiger charge is -2.08. The summed E-state index contributed by atoms with van der Waals surface area (Å²) >= 11 is 2.85. The molecule has 0 unspecified atom stereocenters. The molecule has 2 aromatic heterocycles. The van der Waals surface area contributed by atoms with E-state index in [-0.39, 0.29) is 5.56 Å². The van der Waals surface area contributed by atoms with E-state index >= 15 is 0 Å². The summed E-state index contributed by atoms with van der Waals surface area (Å²) in [6.45, 7) is 1.87. The monoisotopic (exact) mass is 427 g/mol. The Balaban J connectivity index is 1.69. The molecule has 5 nitrogen and oxygen atoms in total. The van der Waals surface area contributed by atoms with Gasteiger partial charge in [-0.3, -0.25) is 4.79 Å². The number of benzene rings is 1. The first-order valence-corrected chi connectivity index (χ1v) is 9.65. The van der Waals surface area contributed by atoms with Crippen LogP contribution < -0.4 is 10.2 Å². The third-order valence-corrected chi connectivity index (χ3v) is 5.58. The number of hydrogen-bond acceptors (Lipinski definition) is 7.